The molecule has 19 heavy (non-hydrogen) atoms. The Morgan fingerprint density at radius 1 is 1.32 bits per heavy atom. The molecule has 1 saturated heterocycles. The highest BCUT2D eigenvalue weighted by Gasteiger charge is 2.35. The monoisotopic (exact) mass is 261 g/mol. The summed E-state index contributed by atoms with van der Waals surface area (Å²) in [6.07, 6.45) is 0. The van der Waals surface area contributed by atoms with E-state index in [-0.39, 0.29) is 5.91 Å². The molecule has 3 atom stereocenters. The normalized spacial score (nSPS) is 24.8. The van der Waals surface area contributed by atoms with Gasteiger partial charge in [-0.1, -0.05) is 37.3 Å². The molecule has 4 heteroatoms. The van der Waals surface area contributed by atoms with E-state index in [1.54, 1.807) is 0 Å². The van der Waals surface area contributed by atoms with Gasteiger partial charge in [0.15, 0.2) is 0 Å². The Labute approximate surface area is 115 Å². The largest absolute Gasteiger partial charge is 0.339 e. The Balaban J connectivity index is 2.05. The zero-order chi connectivity index (χ0) is 14.0. The van der Waals surface area contributed by atoms with E-state index in [1.807, 2.05) is 35.2 Å². The molecule has 0 aliphatic carbocycles. The zero-order valence-electron chi connectivity index (χ0n) is 11.9. The average molecular weight is 261 g/mol. The molecule has 1 aromatic rings. The van der Waals surface area contributed by atoms with Crippen LogP contribution in [0.2, 0.25) is 0 Å². The van der Waals surface area contributed by atoms with Crippen molar-refractivity contribution in [3.05, 3.63) is 35.9 Å². The number of carbonyl (C=O) groups is 1. The highest BCUT2D eigenvalue weighted by Crippen LogP contribution is 2.23. The van der Waals surface area contributed by atoms with Crippen molar-refractivity contribution in [1.82, 2.24) is 9.80 Å². The van der Waals surface area contributed by atoms with Crippen molar-refractivity contribution >= 4 is 5.91 Å². The quantitative estimate of drug-likeness (QED) is 0.886. The van der Waals surface area contributed by atoms with Crippen molar-refractivity contribution in [3.63, 3.8) is 0 Å². The fourth-order valence-electron chi connectivity index (χ4n) is 2.80. The summed E-state index contributed by atoms with van der Waals surface area (Å²) in [6, 6.07) is 9.45. The second-order valence-electron chi connectivity index (χ2n) is 5.64. The number of hydrogen-bond acceptors (Lipinski definition) is 3. The molecule has 0 aromatic heterocycles. The molecule has 0 radical (unpaired) electrons. The Morgan fingerprint density at radius 3 is 2.47 bits per heavy atom. The molecule has 0 bridgehead atoms. The minimum atomic E-state index is -0.547. The SMILES string of the molecule is CC1CN(C(=O)[C@@H](N)c2ccccc2)CC1N(C)C. The van der Waals surface area contributed by atoms with Crippen molar-refractivity contribution in [1.29, 1.82) is 0 Å². The molecule has 1 amide bonds. The molecule has 2 rings (SSSR count). The average Bonchev–Trinajstić information content (AvgIpc) is 2.80. The summed E-state index contributed by atoms with van der Waals surface area (Å²) in [5, 5.41) is 0. The third-order valence-electron chi connectivity index (χ3n) is 3.97. The van der Waals surface area contributed by atoms with Gasteiger partial charge in [-0.3, -0.25) is 4.79 Å². The Morgan fingerprint density at radius 2 is 1.95 bits per heavy atom. The van der Waals surface area contributed by atoms with Crippen LogP contribution >= 0.6 is 0 Å². The van der Waals surface area contributed by atoms with Gasteiger partial charge in [-0.05, 0) is 25.6 Å². The van der Waals surface area contributed by atoms with Gasteiger partial charge < -0.3 is 15.5 Å². The molecule has 1 aliphatic heterocycles. The molecule has 1 aromatic carbocycles. The van der Waals surface area contributed by atoms with E-state index in [0.717, 1.165) is 18.7 Å². The van der Waals surface area contributed by atoms with Crippen LogP contribution in [0.4, 0.5) is 0 Å². The maximum absolute atomic E-state index is 12.4. The second-order valence-corrected chi connectivity index (χ2v) is 5.64. The summed E-state index contributed by atoms with van der Waals surface area (Å²) in [6.45, 7) is 3.75. The number of rotatable bonds is 3. The minimum absolute atomic E-state index is 0.0300. The molecule has 2 N–H and O–H groups in total. The Kier molecular flexibility index (Phi) is 4.22. The number of carbonyl (C=O) groups excluding carboxylic acids is 1. The summed E-state index contributed by atoms with van der Waals surface area (Å²) in [5.74, 6) is 0.518. The van der Waals surface area contributed by atoms with E-state index in [0.29, 0.717) is 12.0 Å². The number of benzene rings is 1. The van der Waals surface area contributed by atoms with Crippen LogP contribution in [0.15, 0.2) is 30.3 Å². The summed E-state index contributed by atoms with van der Waals surface area (Å²) < 4.78 is 0. The molecule has 2 unspecified atom stereocenters. The molecule has 4 nitrogen and oxygen atoms in total. The van der Waals surface area contributed by atoms with Crippen molar-refractivity contribution in [2.75, 3.05) is 27.2 Å². The summed E-state index contributed by atoms with van der Waals surface area (Å²) >= 11 is 0. The maximum Gasteiger partial charge on any atom is 0.244 e. The molecular weight excluding hydrogens is 238 g/mol. The number of amides is 1. The van der Waals surface area contributed by atoms with E-state index in [1.165, 1.54) is 0 Å². The molecule has 0 spiro atoms. The van der Waals surface area contributed by atoms with Crippen LogP contribution in [-0.4, -0.2) is 48.9 Å². The predicted octanol–water partition coefficient (Wildman–Crippen LogP) is 1.09. The number of hydrogen-bond donors (Lipinski definition) is 1. The van der Waals surface area contributed by atoms with Gasteiger partial charge in [0, 0.05) is 19.1 Å². The topological polar surface area (TPSA) is 49.6 Å². The van der Waals surface area contributed by atoms with Crippen LogP contribution in [0.1, 0.15) is 18.5 Å². The standard InChI is InChI=1S/C15H23N3O/c1-11-9-18(10-13(11)17(2)3)15(19)14(16)12-7-5-4-6-8-12/h4-8,11,13-14H,9-10,16H2,1-3H3/t11?,13?,14-/m0/s1. The van der Waals surface area contributed by atoms with Crippen LogP contribution in [0.25, 0.3) is 0 Å². The minimum Gasteiger partial charge on any atom is -0.339 e. The smallest absolute Gasteiger partial charge is 0.244 e. The third kappa shape index (κ3) is 2.96. The summed E-state index contributed by atoms with van der Waals surface area (Å²) in [5.41, 5.74) is 6.96. The van der Waals surface area contributed by atoms with Crippen LogP contribution in [0.5, 0.6) is 0 Å². The molecule has 1 aliphatic rings. The number of likely N-dealkylation sites (tertiary alicyclic amines) is 1. The molecule has 1 fully saturated rings. The lowest BCUT2D eigenvalue weighted by molar-refractivity contribution is -0.131. The number of likely N-dealkylation sites (N-methyl/N-ethyl adjacent to an activating group) is 1. The summed E-state index contributed by atoms with van der Waals surface area (Å²) in [4.78, 5) is 16.5. The predicted molar refractivity (Wildman–Crippen MR) is 76.6 cm³/mol. The van der Waals surface area contributed by atoms with Crippen molar-refractivity contribution in [3.8, 4) is 0 Å². The van der Waals surface area contributed by atoms with E-state index in [4.69, 9.17) is 5.73 Å². The van der Waals surface area contributed by atoms with Gasteiger partial charge in [0.25, 0.3) is 0 Å². The highest BCUT2D eigenvalue weighted by atomic mass is 16.2. The van der Waals surface area contributed by atoms with Crippen LogP contribution in [0.3, 0.4) is 0 Å². The van der Waals surface area contributed by atoms with Crippen LogP contribution in [0, 0.1) is 5.92 Å². The van der Waals surface area contributed by atoms with Gasteiger partial charge in [-0.2, -0.15) is 0 Å². The molecule has 0 saturated carbocycles. The lowest BCUT2D eigenvalue weighted by Crippen LogP contribution is -2.39. The first-order chi connectivity index (χ1) is 9.00. The fraction of sp³-hybridized carbons (Fsp3) is 0.533. The molecular formula is C15H23N3O. The summed E-state index contributed by atoms with van der Waals surface area (Å²) in [7, 11) is 4.12. The van der Waals surface area contributed by atoms with E-state index in [9.17, 15) is 4.79 Å². The first-order valence-electron chi connectivity index (χ1n) is 6.76. The van der Waals surface area contributed by atoms with Crippen molar-refractivity contribution in [2.24, 2.45) is 11.7 Å². The van der Waals surface area contributed by atoms with Crippen molar-refractivity contribution in [2.45, 2.75) is 19.0 Å². The van der Waals surface area contributed by atoms with Gasteiger partial charge in [-0.15, -0.1) is 0 Å². The zero-order valence-corrected chi connectivity index (χ0v) is 11.9. The van der Waals surface area contributed by atoms with Crippen LogP contribution < -0.4 is 5.73 Å². The first kappa shape index (κ1) is 14.0. The van der Waals surface area contributed by atoms with E-state index < -0.39 is 6.04 Å². The lowest BCUT2D eigenvalue weighted by Gasteiger charge is -2.23. The van der Waals surface area contributed by atoms with Gasteiger partial charge in [0.1, 0.15) is 6.04 Å². The van der Waals surface area contributed by atoms with E-state index >= 15 is 0 Å². The second kappa shape index (κ2) is 5.72. The molecule has 104 valence electrons. The van der Waals surface area contributed by atoms with Gasteiger partial charge in [-0.25, -0.2) is 0 Å². The Hall–Kier alpha value is -1.39. The van der Waals surface area contributed by atoms with Gasteiger partial charge in [0.05, 0.1) is 0 Å². The van der Waals surface area contributed by atoms with Crippen LogP contribution in [-0.2, 0) is 4.79 Å². The highest BCUT2D eigenvalue weighted by molar-refractivity contribution is 5.83. The molecule has 1 heterocycles. The van der Waals surface area contributed by atoms with Gasteiger partial charge >= 0.3 is 0 Å². The number of nitrogens with zero attached hydrogens (tertiary/aromatic N) is 2. The fourth-order valence-corrected chi connectivity index (χ4v) is 2.80. The van der Waals surface area contributed by atoms with Gasteiger partial charge in [0.2, 0.25) is 5.91 Å². The van der Waals surface area contributed by atoms with Crippen molar-refractivity contribution < 1.29 is 4.79 Å². The third-order valence-corrected chi connectivity index (χ3v) is 3.97. The number of nitrogens with two attached hydrogens (primary N) is 1. The maximum atomic E-state index is 12.4. The first-order valence-corrected chi connectivity index (χ1v) is 6.76. The van der Waals surface area contributed by atoms with E-state index in [2.05, 4.69) is 25.9 Å². The Bertz CT molecular complexity index is 432. The lowest BCUT2D eigenvalue weighted by atomic mass is 10.1.